The number of piperidine rings is 1. The van der Waals surface area contributed by atoms with Gasteiger partial charge in [0.1, 0.15) is 11.3 Å². The molecule has 5 rings (SSSR count). The van der Waals surface area contributed by atoms with Crippen molar-refractivity contribution in [3.8, 4) is 22.9 Å². The Balaban J connectivity index is 1.27. The van der Waals surface area contributed by atoms with Crippen molar-refractivity contribution < 1.29 is 14.7 Å². The van der Waals surface area contributed by atoms with Crippen LogP contribution in [0.3, 0.4) is 0 Å². The highest BCUT2D eigenvalue weighted by molar-refractivity contribution is 6.02. The van der Waals surface area contributed by atoms with E-state index >= 15 is 0 Å². The lowest BCUT2D eigenvalue weighted by molar-refractivity contribution is -0.117. The summed E-state index contributed by atoms with van der Waals surface area (Å²) in [6.45, 7) is 2.29. The largest absolute Gasteiger partial charge is 0.508 e. The third-order valence-corrected chi connectivity index (χ3v) is 7.39. The van der Waals surface area contributed by atoms with Crippen LogP contribution >= 0.6 is 0 Å². The molecule has 190 valence electrons. The molecule has 2 heterocycles. The van der Waals surface area contributed by atoms with Crippen molar-refractivity contribution >= 4 is 17.6 Å². The lowest BCUT2D eigenvalue weighted by Gasteiger charge is -2.40. The van der Waals surface area contributed by atoms with Crippen LogP contribution in [0, 0.1) is 17.2 Å². The first-order chi connectivity index (χ1) is 17.9. The van der Waals surface area contributed by atoms with E-state index in [0.717, 1.165) is 43.6 Å². The number of likely N-dealkylation sites (tertiary alicyclic amines) is 1. The van der Waals surface area contributed by atoms with Gasteiger partial charge in [-0.2, -0.15) is 10.4 Å². The van der Waals surface area contributed by atoms with Crippen molar-refractivity contribution in [2.75, 3.05) is 18.4 Å². The van der Waals surface area contributed by atoms with Crippen LogP contribution in [-0.4, -0.2) is 44.7 Å². The number of nitrogens with zero attached hydrogens (tertiary/aromatic N) is 4. The first-order valence-electron chi connectivity index (χ1n) is 12.6. The molecule has 1 saturated heterocycles. The van der Waals surface area contributed by atoms with Gasteiger partial charge in [-0.3, -0.25) is 19.2 Å². The number of amides is 2. The van der Waals surface area contributed by atoms with Gasteiger partial charge in [0.2, 0.25) is 5.91 Å². The second kappa shape index (κ2) is 10.1. The van der Waals surface area contributed by atoms with E-state index in [4.69, 9.17) is 5.73 Å². The third kappa shape index (κ3) is 5.34. The van der Waals surface area contributed by atoms with E-state index in [2.05, 4.69) is 45.7 Å². The molecule has 4 N–H and O–H groups in total. The number of carbonyl (C=O) groups is 2. The Morgan fingerprint density at radius 2 is 1.86 bits per heavy atom. The summed E-state index contributed by atoms with van der Waals surface area (Å²) in [5, 5.41) is 26.7. The SMILES string of the molecule is N#CCC1(n2cc(C(N)=O)c(NC(=O)C3CC3)n2)CCN(Cc2ccc(-c3cccc(O)c3)cc2)CC1. The van der Waals surface area contributed by atoms with Crippen molar-refractivity contribution in [3.05, 3.63) is 65.9 Å². The number of primary amides is 1. The molecule has 1 aliphatic carbocycles. The summed E-state index contributed by atoms with van der Waals surface area (Å²) >= 11 is 0. The van der Waals surface area contributed by atoms with E-state index in [1.165, 1.54) is 5.56 Å². The minimum Gasteiger partial charge on any atom is -0.508 e. The van der Waals surface area contributed by atoms with E-state index in [9.17, 15) is 20.0 Å². The molecule has 1 aromatic heterocycles. The number of aromatic hydroxyl groups is 1. The molecule has 0 unspecified atom stereocenters. The highest BCUT2D eigenvalue weighted by atomic mass is 16.3. The number of phenolic OH excluding ortho intramolecular Hbond substituents is 1. The Morgan fingerprint density at radius 3 is 2.49 bits per heavy atom. The van der Waals surface area contributed by atoms with Crippen LogP contribution in [0.25, 0.3) is 11.1 Å². The number of benzene rings is 2. The molecular weight excluding hydrogens is 468 g/mol. The quantitative estimate of drug-likeness (QED) is 0.434. The summed E-state index contributed by atoms with van der Waals surface area (Å²) in [5.41, 5.74) is 8.36. The Morgan fingerprint density at radius 1 is 1.14 bits per heavy atom. The normalized spacial score (nSPS) is 17.2. The molecule has 0 bridgehead atoms. The molecule has 9 nitrogen and oxygen atoms in total. The maximum atomic E-state index is 12.3. The number of aromatic nitrogens is 2. The average Bonchev–Trinajstić information content (AvgIpc) is 3.66. The van der Waals surface area contributed by atoms with Crippen LogP contribution in [0.1, 0.15) is 48.0 Å². The molecule has 3 aromatic rings. The molecule has 2 amide bonds. The van der Waals surface area contributed by atoms with Crippen molar-refractivity contribution in [1.82, 2.24) is 14.7 Å². The van der Waals surface area contributed by atoms with Crippen LogP contribution in [0.15, 0.2) is 54.7 Å². The van der Waals surface area contributed by atoms with Gasteiger partial charge in [0.25, 0.3) is 5.91 Å². The van der Waals surface area contributed by atoms with E-state index in [-0.39, 0.29) is 35.4 Å². The molecule has 0 radical (unpaired) electrons. The number of nitrogens with one attached hydrogen (secondary N) is 1. The van der Waals surface area contributed by atoms with Crippen LogP contribution < -0.4 is 11.1 Å². The Bertz CT molecular complexity index is 1340. The van der Waals surface area contributed by atoms with Crippen molar-refractivity contribution in [2.24, 2.45) is 11.7 Å². The number of hydrogen-bond donors (Lipinski definition) is 3. The molecule has 2 aliphatic rings. The molecule has 37 heavy (non-hydrogen) atoms. The second-order valence-electron chi connectivity index (χ2n) is 10.0. The van der Waals surface area contributed by atoms with Gasteiger partial charge in [0.05, 0.1) is 18.0 Å². The summed E-state index contributed by atoms with van der Waals surface area (Å²) in [4.78, 5) is 26.7. The first-order valence-corrected chi connectivity index (χ1v) is 12.6. The van der Waals surface area contributed by atoms with Crippen LogP contribution in [0.2, 0.25) is 0 Å². The molecule has 2 aromatic carbocycles. The zero-order valence-electron chi connectivity index (χ0n) is 20.6. The summed E-state index contributed by atoms with van der Waals surface area (Å²) in [6.07, 6.45) is 4.86. The second-order valence-corrected chi connectivity index (χ2v) is 10.0. The Kier molecular flexibility index (Phi) is 6.68. The molecule has 1 aliphatic heterocycles. The number of anilines is 1. The summed E-state index contributed by atoms with van der Waals surface area (Å²) < 4.78 is 1.68. The zero-order chi connectivity index (χ0) is 26.0. The molecule has 0 spiro atoms. The van der Waals surface area contributed by atoms with E-state index < -0.39 is 11.4 Å². The molecular formula is C28H30N6O3. The Hall–Kier alpha value is -4.16. The molecule has 2 fully saturated rings. The first kappa shape index (κ1) is 24.5. The lowest BCUT2D eigenvalue weighted by atomic mass is 9.84. The van der Waals surface area contributed by atoms with Crippen LogP contribution in [-0.2, 0) is 16.9 Å². The van der Waals surface area contributed by atoms with Crippen molar-refractivity contribution in [1.29, 1.82) is 5.26 Å². The van der Waals surface area contributed by atoms with Gasteiger partial charge in [0, 0.05) is 31.7 Å². The van der Waals surface area contributed by atoms with Gasteiger partial charge in [-0.15, -0.1) is 0 Å². The summed E-state index contributed by atoms with van der Waals surface area (Å²) in [6, 6.07) is 17.8. The summed E-state index contributed by atoms with van der Waals surface area (Å²) in [7, 11) is 0. The number of carbonyl (C=O) groups excluding carboxylic acids is 2. The minimum absolute atomic E-state index is 0.0314. The standard InChI is InChI=1S/C28H30N6O3/c29-13-10-28(34-18-24(25(30)36)26(32-34)31-27(37)21-8-9-21)11-14-33(15-12-28)17-19-4-6-20(7-5-19)22-2-1-3-23(35)16-22/h1-7,16,18,21,35H,8-12,14-15,17H2,(H2,30,36)(H,31,32,37). The minimum atomic E-state index is -0.656. The van der Waals surface area contributed by atoms with Gasteiger partial charge >= 0.3 is 0 Å². The van der Waals surface area contributed by atoms with Gasteiger partial charge in [0.15, 0.2) is 5.82 Å². The van der Waals surface area contributed by atoms with E-state index in [0.29, 0.717) is 12.8 Å². The predicted molar refractivity (Wildman–Crippen MR) is 138 cm³/mol. The van der Waals surface area contributed by atoms with E-state index in [1.807, 2.05) is 12.1 Å². The number of phenols is 1. The zero-order valence-corrected chi connectivity index (χ0v) is 20.6. The highest BCUT2D eigenvalue weighted by Crippen LogP contribution is 2.36. The molecule has 9 heteroatoms. The number of nitriles is 1. The number of hydrogen-bond acceptors (Lipinski definition) is 6. The van der Waals surface area contributed by atoms with Gasteiger partial charge < -0.3 is 16.2 Å². The molecule has 0 atom stereocenters. The fourth-order valence-corrected chi connectivity index (χ4v) is 4.96. The van der Waals surface area contributed by atoms with Crippen molar-refractivity contribution in [2.45, 2.75) is 44.2 Å². The number of rotatable bonds is 8. The topological polar surface area (TPSA) is 137 Å². The summed E-state index contributed by atoms with van der Waals surface area (Å²) in [5.74, 6) is -0.414. The lowest BCUT2D eigenvalue weighted by Crippen LogP contribution is -2.46. The fourth-order valence-electron chi connectivity index (χ4n) is 4.96. The monoisotopic (exact) mass is 498 g/mol. The smallest absolute Gasteiger partial charge is 0.254 e. The maximum absolute atomic E-state index is 12.3. The van der Waals surface area contributed by atoms with Crippen LogP contribution in [0.4, 0.5) is 5.82 Å². The predicted octanol–water partition coefficient (Wildman–Crippen LogP) is 3.61. The van der Waals surface area contributed by atoms with Crippen molar-refractivity contribution in [3.63, 3.8) is 0 Å². The van der Waals surface area contributed by atoms with Gasteiger partial charge in [-0.1, -0.05) is 36.4 Å². The van der Waals surface area contributed by atoms with Gasteiger partial charge in [-0.05, 0) is 54.5 Å². The third-order valence-electron chi connectivity index (χ3n) is 7.39. The molecule has 1 saturated carbocycles. The maximum Gasteiger partial charge on any atom is 0.254 e. The highest BCUT2D eigenvalue weighted by Gasteiger charge is 2.39. The van der Waals surface area contributed by atoms with Crippen LogP contribution in [0.5, 0.6) is 5.75 Å². The van der Waals surface area contributed by atoms with Gasteiger partial charge in [-0.25, -0.2) is 0 Å². The fraction of sp³-hybridized carbons (Fsp3) is 0.357. The van der Waals surface area contributed by atoms with E-state index in [1.54, 1.807) is 23.0 Å². The Labute approximate surface area is 215 Å². The number of nitrogens with two attached hydrogens (primary N) is 1. The average molecular weight is 499 g/mol.